The summed E-state index contributed by atoms with van der Waals surface area (Å²) in [6, 6.07) is 3.09. The molecule has 5 nitrogen and oxygen atoms in total. The van der Waals surface area contributed by atoms with Crippen molar-refractivity contribution in [3.63, 3.8) is 0 Å². The summed E-state index contributed by atoms with van der Waals surface area (Å²) in [5, 5.41) is 0. The molecule has 1 amide bonds. The molecule has 1 unspecified atom stereocenters. The summed E-state index contributed by atoms with van der Waals surface area (Å²) in [6.07, 6.45) is 3.21. The van der Waals surface area contributed by atoms with Gasteiger partial charge in [-0.3, -0.25) is 4.90 Å². The molecule has 0 aromatic heterocycles. The third-order valence-corrected chi connectivity index (χ3v) is 10.2. The molecule has 0 N–H and O–H groups in total. The molecule has 0 bridgehead atoms. The van der Waals surface area contributed by atoms with Gasteiger partial charge in [-0.25, -0.2) is 4.79 Å². The molecule has 1 saturated heterocycles. The number of rotatable bonds is 9. The number of hydrogen-bond acceptors (Lipinski definition) is 4. The van der Waals surface area contributed by atoms with Gasteiger partial charge in [0.2, 0.25) is 0 Å². The van der Waals surface area contributed by atoms with Crippen molar-refractivity contribution < 1.29 is 18.7 Å². The van der Waals surface area contributed by atoms with E-state index in [2.05, 4.69) is 27.4 Å². The lowest BCUT2D eigenvalue weighted by molar-refractivity contribution is -0.0673. The standard InChI is InChI=1S/C21H41NO4Si/c1-10-14-15-18(26-27(11-2,12-3)13-4)17-16-24-21(8,9)22(17)19(23)25-20(5,6)7/h10,17-18H,1,11-16H2,2-9H3/t17?,18-/m1/s1. The van der Waals surface area contributed by atoms with Crippen molar-refractivity contribution in [3.05, 3.63) is 12.7 Å². The molecule has 158 valence electrons. The van der Waals surface area contributed by atoms with Gasteiger partial charge in [-0.15, -0.1) is 6.58 Å². The molecule has 6 heteroatoms. The highest BCUT2D eigenvalue weighted by Gasteiger charge is 2.50. The van der Waals surface area contributed by atoms with E-state index in [1.165, 1.54) is 0 Å². The van der Waals surface area contributed by atoms with Crippen LogP contribution in [-0.2, 0) is 13.9 Å². The summed E-state index contributed by atoms with van der Waals surface area (Å²) in [7, 11) is -1.82. The quantitative estimate of drug-likeness (QED) is 0.368. The maximum Gasteiger partial charge on any atom is 0.412 e. The summed E-state index contributed by atoms with van der Waals surface area (Å²) in [4.78, 5) is 14.8. The third-order valence-electron chi connectivity index (χ3n) is 5.53. The van der Waals surface area contributed by atoms with Gasteiger partial charge >= 0.3 is 6.09 Å². The highest BCUT2D eigenvalue weighted by molar-refractivity contribution is 6.73. The lowest BCUT2D eigenvalue weighted by Crippen LogP contribution is -2.55. The van der Waals surface area contributed by atoms with Crippen LogP contribution >= 0.6 is 0 Å². The molecule has 1 fully saturated rings. The summed E-state index contributed by atoms with van der Waals surface area (Å²) in [5.74, 6) is 0. The van der Waals surface area contributed by atoms with Gasteiger partial charge in [0, 0.05) is 0 Å². The van der Waals surface area contributed by atoms with Crippen LogP contribution in [0.25, 0.3) is 0 Å². The van der Waals surface area contributed by atoms with Gasteiger partial charge in [0.05, 0.1) is 18.8 Å². The van der Waals surface area contributed by atoms with Crippen LogP contribution in [0.3, 0.4) is 0 Å². The van der Waals surface area contributed by atoms with E-state index in [0.717, 1.165) is 31.0 Å². The Kier molecular flexibility index (Phi) is 8.57. The molecule has 0 aliphatic carbocycles. The Morgan fingerprint density at radius 1 is 1.30 bits per heavy atom. The Bertz CT molecular complexity index is 489. The molecule has 0 spiro atoms. The smallest absolute Gasteiger partial charge is 0.412 e. The number of amides is 1. The lowest BCUT2D eigenvalue weighted by atomic mass is 10.0. The SMILES string of the molecule is C=CCC[C@@H](O[Si](CC)(CC)CC)C1COC(C)(C)N1C(=O)OC(C)(C)C. The van der Waals surface area contributed by atoms with Gasteiger partial charge in [0.15, 0.2) is 8.32 Å². The van der Waals surface area contributed by atoms with Crippen molar-refractivity contribution in [2.24, 2.45) is 0 Å². The highest BCUT2D eigenvalue weighted by atomic mass is 28.4. The first-order valence-corrected chi connectivity index (χ1v) is 12.9. The Morgan fingerprint density at radius 3 is 2.30 bits per heavy atom. The van der Waals surface area contributed by atoms with E-state index < -0.39 is 19.6 Å². The minimum absolute atomic E-state index is 0.0659. The van der Waals surface area contributed by atoms with Gasteiger partial charge in [0.1, 0.15) is 11.3 Å². The van der Waals surface area contributed by atoms with Crippen LogP contribution in [0.4, 0.5) is 4.79 Å². The molecular weight excluding hydrogens is 358 g/mol. The summed E-state index contributed by atoms with van der Waals surface area (Å²) >= 11 is 0. The topological polar surface area (TPSA) is 48.0 Å². The zero-order chi connectivity index (χ0) is 20.9. The second kappa shape index (κ2) is 9.57. The first-order chi connectivity index (χ1) is 12.4. The fraction of sp³-hybridized carbons (Fsp3) is 0.857. The largest absolute Gasteiger partial charge is 0.444 e. The van der Waals surface area contributed by atoms with Gasteiger partial charge in [-0.2, -0.15) is 0 Å². The fourth-order valence-electron chi connectivity index (χ4n) is 3.71. The van der Waals surface area contributed by atoms with Crippen LogP contribution in [0, 0.1) is 0 Å². The van der Waals surface area contributed by atoms with E-state index in [9.17, 15) is 4.79 Å². The van der Waals surface area contributed by atoms with Crippen LogP contribution in [0.1, 0.15) is 68.2 Å². The number of hydrogen-bond donors (Lipinski definition) is 0. The fourth-order valence-corrected chi connectivity index (χ4v) is 6.62. The number of allylic oxidation sites excluding steroid dienone is 1. The molecule has 0 radical (unpaired) electrons. The molecular formula is C21H41NO4Si. The monoisotopic (exact) mass is 399 g/mol. The number of carbonyl (C=O) groups is 1. The molecule has 0 aromatic rings. The summed E-state index contributed by atoms with van der Waals surface area (Å²) in [6.45, 7) is 20.5. The average Bonchev–Trinajstić information content (AvgIpc) is 2.89. The van der Waals surface area contributed by atoms with E-state index in [-0.39, 0.29) is 18.2 Å². The van der Waals surface area contributed by atoms with Crippen LogP contribution in [0.2, 0.25) is 18.1 Å². The first-order valence-electron chi connectivity index (χ1n) is 10.4. The number of nitrogens with zero attached hydrogens (tertiary/aromatic N) is 1. The van der Waals surface area contributed by atoms with E-state index in [1.807, 2.05) is 40.7 Å². The molecule has 27 heavy (non-hydrogen) atoms. The molecule has 1 heterocycles. The number of ether oxygens (including phenoxy) is 2. The van der Waals surface area contributed by atoms with Gasteiger partial charge < -0.3 is 13.9 Å². The van der Waals surface area contributed by atoms with Crippen LogP contribution < -0.4 is 0 Å². The summed E-state index contributed by atoms with van der Waals surface area (Å²) in [5.41, 5.74) is -1.26. The summed E-state index contributed by atoms with van der Waals surface area (Å²) < 4.78 is 18.5. The van der Waals surface area contributed by atoms with Crippen molar-refractivity contribution in [2.75, 3.05) is 6.61 Å². The van der Waals surface area contributed by atoms with E-state index in [4.69, 9.17) is 13.9 Å². The Balaban J connectivity index is 3.17. The second-order valence-corrected chi connectivity index (χ2v) is 13.7. The van der Waals surface area contributed by atoms with Crippen LogP contribution in [0.5, 0.6) is 0 Å². The zero-order valence-electron chi connectivity index (χ0n) is 18.8. The zero-order valence-corrected chi connectivity index (χ0v) is 19.8. The van der Waals surface area contributed by atoms with Gasteiger partial charge in [-0.05, 0) is 65.6 Å². The van der Waals surface area contributed by atoms with Gasteiger partial charge in [-0.1, -0.05) is 26.8 Å². The molecule has 0 saturated carbocycles. The number of carbonyl (C=O) groups excluding carboxylic acids is 1. The van der Waals surface area contributed by atoms with E-state index in [0.29, 0.717) is 6.61 Å². The molecule has 1 aliphatic heterocycles. The molecule has 1 aliphatic rings. The Labute approximate surface area is 167 Å². The maximum atomic E-state index is 13.0. The van der Waals surface area contributed by atoms with Gasteiger partial charge in [0.25, 0.3) is 0 Å². The minimum Gasteiger partial charge on any atom is -0.444 e. The predicted molar refractivity (Wildman–Crippen MR) is 113 cm³/mol. The second-order valence-electron chi connectivity index (χ2n) is 8.94. The highest BCUT2D eigenvalue weighted by Crippen LogP contribution is 2.35. The molecule has 1 rings (SSSR count). The van der Waals surface area contributed by atoms with Crippen molar-refractivity contribution >= 4 is 14.4 Å². The minimum atomic E-state index is -1.82. The maximum absolute atomic E-state index is 13.0. The van der Waals surface area contributed by atoms with Crippen molar-refractivity contribution in [3.8, 4) is 0 Å². The normalized spacial score (nSPS) is 21.2. The average molecular weight is 400 g/mol. The Hall–Kier alpha value is -0.853. The van der Waals surface area contributed by atoms with Crippen molar-refractivity contribution in [2.45, 2.75) is 110 Å². The van der Waals surface area contributed by atoms with E-state index >= 15 is 0 Å². The van der Waals surface area contributed by atoms with E-state index in [1.54, 1.807) is 4.90 Å². The van der Waals surface area contributed by atoms with Crippen molar-refractivity contribution in [1.29, 1.82) is 0 Å². The first kappa shape index (κ1) is 24.2. The molecule has 0 aromatic carbocycles. The van der Waals surface area contributed by atoms with Crippen molar-refractivity contribution in [1.82, 2.24) is 4.90 Å². The third kappa shape index (κ3) is 6.33. The molecule has 2 atom stereocenters. The lowest BCUT2D eigenvalue weighted by Gasteiger charge is -2.41. The predicted octanol–water partition coefficient (Wildman–Crippen LogP) is 5.72. The Morgan fingerprint density at radius 2 is 1.85 bits per heavy atom. The van der Waals surface area contributed by atoms with Crippen LogP contribution in [-0.4, -0.2) is 49.4 Å². The van der Waals surface area contributed by atoms with Crippen LogP contribution in [0.15, 0.2) is 12.7 Å².